The van der Waals surface area contributed by atoms with Crippen molar-refractivity contribution in [2.45, 2.75) is 53.4 Å². The third-order valence-electron chi connectivity index (χ3n) is 4.69. The first-order valence-electron chi connectivity index (χ1n) is 9.41. The van der Waals surface area contributed by atoms with Crippen molar-refractivity contribution in [3.63, 3.8) is 0 Å². The van der Waals surface area contributed by atoms with Gasteiger partial charge in [0.05, 0.1) is 0 Å². The molecule has 0 aliphatic rings. The summed E-state index contributed by atoms with van der Waals surface area (Å²) < 4.78 is 0. The van der Waals surface area contributed by atoms with Crippen LogP contribution in [0.25, 0.3) is 0 Å². The van der Waals surface area contributed by atoms with Crippen LogP contribution in [0, 0.1) is 6.92 Å². The standard InChI is InChI=1S/C23H30N2O2/c1-7-18-12-10-11-16(2)22(18)24-21(27)15-25(17(3)26)20-14-9-8-13-19(20)23(4,5)6/h8-14H,7,15H2,1-6H3,(H,24,27). The SMILES string of the molecule is CCc1cccc(C)c1NC(=O)CN(C(C)=O)c1ccccc1C(C)(C)C. The highest BCUT2D eigenvalue weighted by Crippen LogP contribution is 2.32. The summed E-state index contributed by atoms with van der Waals surface area (Å²) in [5, 5.41) is 3.01. The average molecular weight is 367 g/mol. The number of amides is 2. The van der Waals surface area contributed by atoms with Crippen molar-refractivity contribution < 1.29 is 9.59 Å². The summed E-state index contributed by atoms with van der Waals surface area (Å²) in [6, 6.07) is 13.8. The Labute approximate surface area is 162 Å². The summed E-state index contributed by atoms with van der Waals surface area (Å²) in [6.07, 6.45) is 0.834. The molecule has 2 aromatic rings. The predicted molar refractivity (Wildman–Crippen MR) is 112 cm³/mol. The van der Waals surface area contributed by atoms with Crippen molar-refractivity contribution in [1.82, 2.24) is 0 Å². The molecule has 0 atom stereocenters. The number of hydrogen-bond donors (Lipinski definition) is 1. The normalized spacial score (nSPS) is 11.2. The molecule has 2 aromatic carbocycles. The van der Waals surface area contributed by atoms with Gasteiger partial charge >= 0.3 is 0 Å². The van der Waals surface area contributed by atoms with E-state index in [4.69, 9.17) is 0 Å². The first kappa shape index (κ1) is 20.7. The maximum Gasteiger partial charge on any atom is 0.244 e. The second-order valence-corrected chi connectivity index (χ2v) is 7.88. The minimum absolute atomic E-state index is 0.0140. The highest BCUT2D eigenvalue weighted by Gasteiger charge is 2.24. The van der Waals surface area contributed by atoms with Crippen LogP contribution in [-0.2, 0) is 21.4 Å². The Morgan fingerprint density at radius 2 is 1.70 bits per heavy atom. The van der Waals surface area contributed by atoms with Crippen LogP contribution >= 0.6 is 0 Å². The quantitative estimate of drug-likeness (QED) is 0.822. The molecule has 144 valence electrons. The number of para-hydroxylation sites is 2. The van der Waals surface area contributed by atoms with Crippen LogP contribution in [0.3, 0.4) is 0 Å². The Kier molecular flexibility index (Phi) is 6.42. The van der Waals surface area contributed by atoms with Gasteiger partial charge < -0.3 is 10.2 Å². The fourth-order valence-electron chi connectivity index (χ4n) is 3.23. The smallest absolute Gasteiger partial charge is 0.244 e. The Hall–Kier alpha value is -2.62. The number of nitrogens with zero attached hydrogens (tertiary/aromatic N) is 1. The lowest BCUT2D eigenvalue weighted by molar-refractivity contribution is -0.120. The summed E-state index contributed by atoms with van der Waals surface area (Å²) in [6.45, 7) is 11.8. The van der Waals surface area contributed by atoms with Crippen LogP contribution in [0.2, 0.25) is 0 Å². The van der Waals surface area contributed by atoms with Gasteiger partial charge in [-0.25, -0.2) is 0 Å². The molecular formula is C23H30N2O2. The van der Waals surface area contributed by atoms with Gasteiger partial charge in [0.1, 0.15) is 6.54 Å². The van der Waals surface area contributed by atoms with Gasteiger partial charge in [0.25, 0.3) is 0 Å². The number of hydrogen-bond acceptors (Lipinski definition) is 2. The molecule has 0 fully saturated rings. The molecule has 0 heterocycles. The monoisotopic (exact) mass is 366 g/mol. The van der Waals surface area contributed by atoms with Crippen LogP contribution in [-0.4, -0.2) is 18.4 Å². The van der Waals surface area contributed by atoms with Crippen LogP contribution in [0.1, 0.15) is 51.3 Å². The van der Waals surface area contributed by atoms with Crippen LogP contribution in [0.15, 0.2) is 42.5 Å². The minimum Gasteiger partial charge on any atom is -0.324 e. The van der Waals surface area contributed by atoms with E-state index in [0.29, 0.717) is 0 Å². The fourth-order valence-corrected chi connectivity index (χ4v) is 3.23. The van der Waals surface area contributed by atoms with Crippen molar-refractivity contribution in [1.29, 1.82) is 0 Å². The number of carbonyl (C=O) groups excluding carboxylic acids is 2. The average Bonchev–Trinajstić information content (AvgIpc) is 2.60. The van der Waals surface area contributed by atoms with E-state index in [1.165, 1.54) is 6.92 Å². The summed E-state index contributed by atoms with van der Waals surface area (Å²) in [4.78, 5) is 26.7. The van der Waals surface area contributed by atoms with E-state index < -0.39 is 0 Å². The van der Waals surface area contributed by atoms with Gasteiger partial charge in [0.15, 0.2) is 0 Å². The lowest BCUT2D eigenvalue weighted by atomic mass is 9.85. The topological polar surface area (TPSA) is 49.4 Å². The molecule has 0 bridgehead atoms. The van der Waals surface area contributed by atoms with E-state index >= 15 is 0 Å². The van der Waals surface area contributed by atoms with Gasteiger partial charge in [-0.15, -0.1) is 0 Å². The Bertz CT molecular complexity index is 835. The largest absolute Gasteiger partial charge is 0.324 e. The third-order valence-corrected chi connectivity index (χ3v) is 4.69. The van der Waals surface area contributed by atoms with E-state index in [0.717, 1.165) is 34.5 Å². The molecular weight excluding hydrogens is 336 g/mol. The number of aryl methyl sites for hydroxylation is 2. The van der Waals surface area contributed by atoms with Crippen LogP contribution in [0.4, 0.5) is 11.4 Å². The number of nitrogens with one attached hydrogen (secondary N) is 1. The molecule has 2 amide bonds. The second-order valence-electron chi connectivity index (χ2n) is 7.88. The molecule has 0 unspecified atom stereocenters. The molecule has 0 spiro atoms. The van der Waals surface area contributed by atoms with Gasteiger partial charge in [0.2, 0.25) is 11.8 Å². The second kappa shape index (κ2) is 8.38. The highest BCUT2D eigenvalue weighted by atomic mass is 16.2. The first-order chi connectivity index (χ1) is 12.6. The lowest BCUT2D eigenvalue weighted by Crippen LogP contribution is -2.38. The Balaban J connectivity index is 2.31. The number of rotatable bonds is 5. The molecule has 0 saturated carbocycles. The van der Waals surface area contributed by atoms with Gasteiger partial charge in [-0.3, -0.25) is 9.59 Å². The van der Waals surface area contributed by atoms with Crippen molar-refractivity contribution in [2.24, 2.45) is 0 Å². The number of anilines is 2. The summed E-state index contributed by atoms with van der Waals surface area (Å²) in [5.41, 5.74) is 4.65. The minimum atomic E-state index is -0.196. The molecule has 4 heteroatoms. The number of carbonyl (C=O) groups is 2. The zero-order chi connectivity index (χ0) is 20.2. The first-order valence-corrected chi connectivity index (χ1v) is 9.41. The van der Waals surface area contributed by atoms with Crippen molar-refractivity contribution in [3.05, 3.63) is 59.2 Å². The molecule has 0 saturated heterocycles. The predicted octanol–water partition coefficient (Wildman–Crippen LogP) is 4.85. The van der Waals surface area contributed by atoms with E-state index in [1.54, 1.807) is 4.90 Å². The van der Waals surface area contributed by atoms with Crippen molar-refractivity contribution in [2.75, 3.05) is 16.8 Å². The van der Waals surface area contributed by atoms with Crippen LogP contribution in [0.5, 0.6) is 0 Å². The third kappa shape index (κ3) is 4.97. The fraction of sp³-hybridized carbons (Fsp3) is 0.391. The molecule has 0 aliphatic carbocycles. The van der Waals surface area contributed by atoms with Crippen LogP contribution < -0.4 is 10.2 Å². The molecule has 2 rings (SSSR count). The highest BCUT2D eigenvalue weighted by molar-refractivity contribution is 6.02. The van der Waals surface area contributed by atoms with Gasteiger partial charge in [-0.1, -0.05) is 64.1 Å². The van der Waals surface area contributed by atoms with E-state index in [2.05, 4.69) is 33.0 Å². The number of benzene rings is 2. The maximum atomic E-state index is 12.8. The molecule has 4 nitrogen and oxygen atoms in total. The summed E-state index contributed by atoms with van der Waals surface area (Å²) in [5.74, 6) is -0.347. The molecule has 0 aliphatic heterocycles. The van der Waals surface area contributed by atoms with Crippen molar-refractivity contribution >= 4 is 23.2 Å². The molecule has 27 heavy (non-hydrogen) atoms. The van der Waals surface area contributed by atoms with E-state index in [1.807, 2.05) is 49.4 Å². The molecule has 1 N–H and O–H groups in total. The maximum absolute atomic E-state index is 12.8. The van der Waals surface area contributed by atoms with E-state index in [9.17, 15) is 9.59 Å². The molecule has 0 aromatic heterocycles. The Morgan fingerprint density at radius 1 is 1.04 bits per heavy atom. The zero-order valence-electron chi connectivity index (χ0n) is 17.2. The Morgan fingerprint density at radius 3 is 2.30 bits per heavy atom. The van der Waals surface area contributed by atoms with Gasteiger partial charge in [-0.2, -0.15) is 0 Å². The summed E-state index contributed by atoms with van der Waals surface area (Å²) in [7, 11) is 0. The van der Waals surface area contributed by atoms with Crippen molar-refractivity contribution in [3.8, 4) is 0 Å². The zero-order valence-corrected chi connectivity index (χ0v) is 17.2. The molecule has 0 radical (unpaired) electrons. The van der Waals surface area contributed by atoms with E-state index in [-0.39, 0.29) is 23.8 Å². The lowest BCUT2D eigenvalue weighted by Gasteiger charge is -2.29. The van der Waals surface area contributed by atoms with Gasteiger partial charge in [0, 0.05) is 18.3 Å². The summed E-state index contributed by atoms with van der Waals surface area (Å²) >= 11 is 0. The van der Waals surface area contributed by atoms with Gasteiger partial charge in [-0.05, 0) is 41.5 Å².